The lowest BCUT2D eigenvalue weighted by Crippen LogP contribution is -2.11. The maximum absolute atomic E-state index is 12.2. The summed E-state index contributed by atoms with van der Waals surface area (Å²) in [7, 11) is 0. The van der Waals surface area contributed by atoms with Crippen molar-refractivity contribution in [1.29, 1.82) is 0 Å². The van der Waals surface area contributed by atoms with Crippen molar-refractivity contribution in [2.45, 2.75) is 0 Å². The van der Waals surface area contributed by atoms with E-state index in [1.54, 1.807) is 30.3 Å². The highest BCUT2D eigenvalue weighted by Crippen LogP contribution is 2.41. The molecule has 4 nitrogen and oxygen atoms in total. The lowest BCUT2D eigenvalue weighted by molar-refractivity contribution is 0.0652. The van der Waals surface area contributed by atoms with Crippen molar-refractivity contribution >= 4 is 11.9 Å². The Morgan fingerprint density at radius 2 is 1.03 bits per heavy atom. The van der Waals surface area contributed by atoms with Crippen LogP contribution in [0.5, 0.6) is 0 Å². The van der Waals surface area contributed by atoms with Crippen molar-refractivity contribution in [3.05, 3.63) is 108 Å². The molecule has 0 radical (unpaired) electrons. The quantitative estimate of drug-likeness (QED) is 0.430. The number of hydrogen-bond acceptors (Lipinski definition) is 2. The summed E-state index contributed by atoms with van der Waals surface area (Å²) >= 11 is 0. The third-order valence-electron chi connectivity index (χ3n) is 5.01. The molecule has 0 unspecified atom stereocenters. The first-order valence-electron chi connectivity index (χ1n) is 9.41. The second-order valence-electron chi connectivity index (χ2n) is 6.80. The maximum Gasteiger partial charge on any atom is 0.337 e. The van der Waals surface area contributed by atoms with Crippen LogP contribution >= 0.6 is 0 Å². The molecule has 0 bridgehead atoms. The van der Waals surface area contributed by atoms with E-state index in [-0.39, 0.29) is 11.1 Å². The molecular formula is C26H18O4. The van der Waals surface area contributed by atoms with E-state index in [1.165, 1.54) is 6.07 Å². The van der Waals surface area contributed by atoms with Gasteiger partial charge in [0.25, 0.3) is 0 Å². The molecule has 0 atom stereocenters. The van der Waals surface area contributed by atoms with Crippen LogP contribution in [0.15, 0.2) is 97.1 Å². The number of carboxylic acids is 2. The first-order valence-corrected chi connectivity index (χ1v) is 9.41. The fourth-order valence-corrected chi connectivity index (χ4v) is 3.72. The summed E-state index contributed by atoms with van der Waals surface area (Å²) in [5.74, 6) is -2.54. The van der Waals surface area contributed by atoms with Gasteiger partial charge < -0.3 is 10.2 Å². The third-order valence-corrected chi connectivity index (χ3v) is 5.01. The number of rotatable bonds is 5. The van der Waals surface area contributed by atoms with Crippen LogP contribution in [0.4, 0.5) is 0 Å². The molecule has 30 heavy (non-hydrogen) atoms. The Kier molecular flexibility index (Phi) is 5.14. The van der Waals surface area contributed by atoms with Crippen LogP contribution in [0.3, 0.4) is 0 Å². The van der Waals surface area contributed by atoms with Crippen molar-refractivity contribution in [2.75, 3.05) is 0 Å². The molecular weight excluding hydrogens is 376 g/mol. The van der Waals surface area contributed by atoms with Crippen LogP contribution in [-0.4, -0.2) is 22.2 Å². The van der Waals surface area contributed by atoms with E-state index in [1.807, 2.05) is 60.7 Å². The molecule has 0 amide bonds. The van der Waals surface area contributed by atoms with Gasteiger partial charge in [0.15, 0.2) is 0 Å². The normalized spacial score (nSPS) is 10.5. The largest absolute Gasteiger partial charge is 0.478 e. The fourth-order valence-electron chi connectivity index (χ4n) is 3.72. The summed E-state index contributed by atoms with van der Waals surface area (Å²) in [6.45, 7) is 0. The zero-order chi connectivity index (χ0) is 21.1. The van der Waals surface area contributed by atoms with Crippen molar-refractivity contribution in [3.8, 4) is 33.4 Å². The van der Waals surface area contributed by atoms with E-state index in [2.05, 4.69) is 0 Å². The highest BCUT2D eigenvalue weighted by molar-refractivity contribution is 6.10. The Balaban J connectivity index is 2.10. The standard InChI is InChI=1S/C26H18O4/c27-25(28)22-16-15-21(23(24(22)26(29)30)18-11-5-2-6-12-18)20-14-8-7-13-19(20)17-9-3-1-4-10-17/h1-16H,(H,27,28)(H,29,30). The SMILES string of the molecule is O=C(O)c1ccc(-c2ccccc2-c2ccccc2)c(-c2ccccc2)c1C(=O)O. The molecule has 2 N–H and O–H groups in total. The molecule has 0 spiro atoms. The number of hydrogen-bond donors (Lipinski definition) is 2. The van der Waals surface area contributed by atoms with E-state index in [0.29, 0.717) is 16.7 Å². The van der Waals surface area contributed by atoms with Gasteiger partial charge in [-0.25, -0.2) is 9.59 Å². The van der Waals surface area contributed by atoms with E-state index in [9.17, 15) is 19.8 Å². The van der Waals surface area contributed by atoms with Crippen LogP contribution in [0, 0.1) is 0 Å². The Morgan fingerprint density at radius 3 is 1.60 bits per heavy atom. The molecule has 0 saturated carbocycles. The number of benzene rings is 4. The van der Waals surface area contributed by atoms with Crippen LogP contribution in [0.25, 0.3) is 33.4 Å². The summed E-state index contributed by atoms with van der Waals surface area (Å²) in [5.41, 5.74) is 4.03. The molecule has 4 rings (SSSR count). The summed E-state index contributed by atoms with van der Waals surface area (Å²) in [4.78, 5) is 24.0. The van der Waals surface area contributed by atoms with E-state index < -0.39 is 11.9 Å². The molecule has 0 aliphatic carbocycles. The third kappa shape index (κ3) is 3.47. The molecule has 0 aliphatic rings. The lowest BCUT2D eigenvalue weighted by atomic mass is 9.85. The maximum atomic E-state index is 12.2. The minimum absolute atomic E-state index is 0.214. The van der Waals surface area contributed by atoms with Crippen molar-refractivity contribution in [3.63, 3.8) is 0 Å². The average Bonchev–Trinajstić information content (AvgIpc) is 2.79. The molecule has 146 valence electrons. The van der Waals surface area contributed by atoms with Gasteiger partial charge in [0.05, 0.1) is 11.1 Å². The second-order valence-corrected chi connectivity index (χ2v) is 6.80. The van der Waals surface area contributed by atoms with Gasteiger partial charge in [-0.2, -0.15) is 0 Å². The average molecular weight is 394 g/mol. The van der Waals surface area contributed by atoms with Gasteiger partial charge in [0.2, 0.25) is 0 Å². The summed E-state index contributed by atoms with van der Waals surface area (Å²) < 4.78 is 0. The van der Waals surface area contributed by atoms with Crippen LogP contribution in [-0.2, 0) is 0 Å². The molecule has 4 aromatic rings. The topological polar surface area (TPSA) is 74.6 Å². The van der Waals surface area contributed by atoms with Gasteiger partial charge in [-0.3, -0.25) is 0 Å². The molecule has 4 heteroatoms. The van der Waals surface area contributed by atoms with Gasteiger partial charge in [0, 0.05) is 5.56 Å². The first-order chi connectivity index (χ1) is 14.6. The zero-order valence-electron chi connectivity index (χ0n) is 15.9. The summed E-state index contributed by atoms with van der Waals surface area (Å²) in [5, 5.41) is 19.6. The van der Waals surface area contributed by atoms with Gasteiger partial charge in [0.1, 0.15) is 0 Å². The van der Waals surface area contributed by atoms with Gasteiger partial charge in [-0.05, 0) is 33.9 Å². The predicted molar refractivity (Wildman–Crippen MR) is 117 cm³/mol. The number of carboxylic acid groups (broad SMARTS) is 2. The lowest BCUT2D eigenvalue weighted by Gasteiger charge is -2.18. The predicted octanol–water partition coefficient (Wildman–Crippen LogP) is 6.08. The Morgan fingerprint density at radius 1 is 0.500 bits per heavy atom. The monoisotopic (exact) mass is 394 g/mol. The van der Waals surface area contributed by atoms with Crippen LogP contribution in [0.1, 0.15) is 20.7 Å². The highest BCUT2D eigenvalue weighted by Gasteiger charge is 2.25. The Hall–Kier alpha value is -4.18. The van der Waals surface area contributed by atoms with Gasteiger partial charge >= 0.3 is 11.9 Å². The van der Waals surface area contributed by atoms with Gasteiger partial charge in [-0.1, -0.05) is 91.0 Å². The zero-order valence-corrected chi connectivity index (χ0v) is 15.9. The summed E-state index contributed by atoms with van der Waals surface area (Å²) in [6, 6.07) is 29.6. The van der Waals surface area contributed by atoms with Crippen molar-refractivity contribution in [1.82, 2.24) is 0 Å². The van der Waals surface area contributed by atoms with Crippen molar-refractivity contribution < 1.29 is 19.8 Å². The smallest absolute Gasteiger partial charge is 0.337 e. The summed E-state index contributed by atoms with van der Waals surface area (Å²) in [6.07, 6.45) is 0. The molecule has 4 aromatic carbocycles. The second kappa shape index (κ2) is 8.05. The molecule has 0 heterocycles. The van der Waals surface area contributed by atoms with Crippen LogP contribution < -0.4 is 0 Å². The Labute approximate surface area is 173 Å². The molecule has 0 aromatic heterocycles. The number of aromatic carboxylic acids is 2. The van der Waals surface area contributed by atoms with E-state index in [0.717, 1.165) is 16.7 Å². The molecule has 0 aliphatic heterocycles. The van der Waals surface area contributed by atoms with Gasteiger partial charge in [-0.15, -0.1) is 0 Å². The minimum atomic E-state index is -1.27. The first kappa shape index (κ1) is 19.2. The van der Waals surface area contributed by atoms with E-state index in [4.69, 9.17) is 0 Å². The minimum Gasteiger partial charge on any atom is -0.478 e. The number of carbonyl (C=O) groups is 2. The Bertz CT molecular complexity index is 1230. The van der Waals surface area contributed by atoms with Crippen LogP contribution in [0.2, 0.25) is 0 Å². The fraction of sp³-hybridized carbons (Fsp3) is 0. The molecule has 0 saturated heterocycles. The molecule has 0 fully saturated rings. The van der Waals surface area contributed by atoms with E-state index >= 15 is 0 Å². The highest BCUT2D eigenvalue weighted by atomic mass is 16.4. The van der Waals surface area contributed by atoms with Crippen molar-refractivity contribution in [2.24, 2.45) is 0 Å².